The van der Waals surface area contributed by atoms with E-state index >= 15 is 0 Å². The molecule has 86 valence electrons. The highest BCUT2D eigenvalue weighted by Crippen LogP contribution is 2.34. The maximum Gasteiger partial charge on any atom is 0.129 e. The molecule has 0 N–H and O–H groups in total. The number of rotatable bonds is 5. The lowest BCUT2D eigenvalue weighted by atomic mass is 10.1. The Morgan fingerprint density at radius 1 is 1.12 bits per heavy atom. The number of hydrogen-bond acceptors (Lipinski definition) is 4. The van der Waals surface area contributed by atoms with Crippen LogP contribution in [0.1, 0.15) is 5.56 Å². The summed E-state index contributed by atoms with van der Waals surface area (Å²) in [5, 5.41) is 3.49. The molecule has 0 amide bonds. The minimum atomic E-state index is 0.173. The minimum absolute atomic E-state index is 0.173. The summed E-state index contributed by atoms with van der Waals surface area (Å²) in [6.07, 6.45) is 0. The van der Waals surface area contributed by atoms with E-state index in [9.17, 15) is 0 Å². The van der Waals surface area contributed by atoms with Gasteiger partial charge in [-0.25, -0.2) is 0 Å². The highest BCUT2D eigenvalue weighted by atomic mass is 16.5. The Hall–Kier alpha value is -2.07. The van der Waals surface area contributed by atoms with Crippen molar-refractivity contribution >= 4 is 0 Å². The van der Waals surface area contributed by atoms with Gasteiger partial charge in [-0.05, 0) is 5.53 Å². The van der Waals surface area contributed by atoms with Crippen LogP contribution in [-0.2, 0) is 6.54 Å². The second kappa shape index (κ2) is 5.72. The van der Waals surface area contributed by atoms with E-state index in [0.717, 1.165) is 0 Å². The molecule has 1 rings (SSSR count). The lowest BCUT2D eigenvalue weighted by Crippen LogP contribution is -1.97. The minimum Gasteiger partial charge on any atom is -0.496 e. The Labute approximate surface area is 93.4 Å². The zero-order chi connectivity index (χ0) is 12.0. The predicted molar refractivity (Wildman–Crippen MR) is 58.9 cm³/mol. The van der Waals surface area contributed by atoms with Crippen molar-refractivity contribution in [3.8, 4) is 17.2 Å². The fraction of sp³-hybridized carbons (Fsp3) is 0.400. The molecular weight excluding hydrogens is 210 g/mol. The van der Waals surface area contributed by atoms with E-state index in [2.05, 4.69) is 10.0 Å². The van der Waals surface area contributed by atoms with Crippen LogP contribution in [0.15, 0.2) is 17.2 Å². The molecule has 0 aliphatic rings. The van der Waals surface area contributed by atoms with Gasteiger partial charge in [0, 0.05) is 22.6 Å². The van der Waals surface area contributed by atoms with E-state index in [4.69, 9.17) is 19.7 Å². The molecule has 0 fully saturated rings. The van der Waals surface area contributed by atoms with Crippen molar-refractivity contribution in [2.75, 3.05) is 21.3 Å². The Balaban J connectivity index is 3.24. The van der Waals surface area contributed by atoms with Gasteiger partial charge < -0.3 is 14.2 Å². The van der Waals surface area contributed by atoms with Gasteiger partial charge in [0.2, 0.25) is 0 Å². The molecule has 0 bridgehead atoms. The van der Waals surface area contributed by atoms with Crippen molar-refractivity contribution in [3.63, 3.8) is 0 Å². The van der Waals surface area contributed by atoms with Crippen molar-refractivity contribution in [2.24, 2.45) is 5.11 Å². The zero-order valence-electron chi connectivity index (χ0n) is 9.43. The second-order valence-electron chi connectivity index (χ2n) is 2.90. The number of hydrogen-bond donors (Lipinski definition) is 0. The van der Waals surface area contributed by atoms with Crippen LogP contribution in [0.25, 0.3) is 10.4 Å². The standard InChI is InChI=1S/C10H13N3O3/c1-14-7-4-9(15-2)8(6-12-13-11)10(5-7)16-3/h4-5H,6H2,1-3H3. The van der Waals surface area contributed by atoms with Gasteiger partial charge in [0.25, 0.3) is 0 Å². The molecule has 16 heavy (non-hydrogen) atoms. The molecule has 0 aliphatic heterocycles. The Morgan fingerprint density at radius 3 is 2.06 bits per heavy atom. The molecule has 1 aromatic carbocycles. The van der Waals surface area contributed by atoms with Crippen LogP contribution in [0.2, 0.25) is 0 Å². The highest BCUT2D eigenvalue weighted by molar-refractivity contribution is 5.50. The summed E-state index contributed by atoms with van der Waals surface area (Å²) in [6.45, 7) is 0.173. The monoisotopic (exact) mass is 223 g/mol. The number of benzene rings is 1. The molecule has 0 aromatic heterocycles. The summed E-state index contributed by atoms with van der Waals surface area (Å²) in [6, 6.07) is 3.43. The van der Waals surface area contributed by atoms with Crippen LogP contribution in [0.4, 0.5) is 0 Å². The summed E-state index contributed by atoms with van der Waals surface area (Å²) < 4.78 is 15.5. The Bertz CT molecular complexity index is 389. The maximum absolute atomic E-state index is 8.31. The number of nitrogens with zero attached hydrogens (tertiary/aromatic N) is 3. The second-order valence-corrected chi connectivity index (χ2v) is 2.90. The zero-order valence-corrected chi connectivity index (χ0v) is 9.43. The Morgan fingerprint density at radius 2 is 1.69 bits per heavy atom. The van der Waals surface area contributed by atoms with Crippen LogP contribution in [0.5, 0.6) is 17.2 Å². The molecule has 6 nitrogen and oxygen atoms in total. The van der Waals surface area contributed by atoms with Crippen LogP contribution in [-0.4, -0.2) is 21.3 Å². The first-order valence-electron chi connectivity index (χ1n) is 4.56. The molecule has 0 saturated heterocycles. The average Bonchev–Trinajstić information content (AvgIpc) is 2.35. The topological polar surface area (TPSA) is 76.5 Å². The summed E-state index contributed by atoms with van der Waals surface area (Å²) in [4.78, 5) is 2.71. The molecule has 0 heterocycles. The summed E-state index contributed by atoms with van der Waals surface area (Å²) in [5.74, 6) is 1.77. The van der Waals surface area contributed by atoms with Gasteiger partial charge in [-0.3, -0.25) is 0 Å². The van der Waals surface area contributed by atoms with E-state index in [1.807, 2.05) is 0 Å². The van der Waals surface area contributed by atoms with Crippen molar-refractivity contribution in [3.05, 3.63) is 28.1 Å². The van der Waals surface area contributed by atoms with E-state index < -0.39 is 0 Å². The molecule has 0 atom stereocenters. The third-order valence-electron chi connectivity index (χ3n) is 2.11. The molecule has 0 aliphatic carbocycles. The smallest absolute Gasteiger partial charge is 0.129 e. The molecule has 0 saturated carbocycles. The first-order valence-corrected chi connectivity index (χ1v) is 4.56. The maximum atomic E-state index is 8.31. The van der Waals surface area contributed by atoms with Crippen LogP contribution >= 0.6 is 0 Å². The van der Waals surface area contributed by atoms with Gasteiger partial charge >= 0.3 is 0 Å². The van der Waals surface area contributed by atoms with Crippen LogP contribution in [0.3, 0.4) is 0 Å². The number of azide groups is 1. The van der Waals surface area contributed by atoms with Gasteiger partial charge in [-0.15, -0.1) is 0 Å². The fourth-order valence-electron chi connectivity index (χ4n) is 1.34. The Kier molecular flexibility index (Phi) is 4.29. The summed E-state index contributed by atoms with van der Waals surface area (Å²) in [5.41, 5.74) is 9.01. The number of methoxy groups -OCH3 is 3. The van der Waals surface area contributed by atoms with Crippen molar-refractivity contribution in [1.82, 2.24) is 0 Å². The van der Waals surface area contributed by atoms with Gasteiger partial charge in [-0.1, -0.05) is 5.11 Å². The van der Waals surface area contributed by atoms with Crippen molar-refractivity contribution in [2.45, 2.75) is 6.54 Å². The van der Waals surface area contributed by atoms with Gasteiger partial charge in [0.15, 0.2) is 0 Å². The summed E-state index contributed by atoms with van der Waals surface area (Å²) >= 11 is 0. The molecule has 0 spiro atoms. The largest absolute Gasteiger partial charge is 0.496 e. The van der Waals surface area contributed by atoms with Gasteiger partial charge in [-0.2, -0.15) is 0 Å². The molecule has 0 unspecified atom stereocenters. The lowest BCUT2D eigenvalue weighted by molar-refractivity contribution is 0.369. The highest BCUT2D eigenvalue weighted by Gasteiger charge is 2.11. The quantitative estimate of drug-likeness (QED) is 0.437. The van der Waals surface area contributed by atoms with E-state index in [1.165, 1.54) is 14.2 Å². The lowest BCUT2D eigenvalue weighted by Gasteiger charge is -2.13. The third-order valence-corrected chi connectivity index (χ3v) is 2.11. The van der Waals surface area contributed by atoms with E-state index in [1.54, 1.807) is 19.2 Å². The summed E-state index contributed by atoms with van der Waals surface area (Å²) in [7, 11) is 4.63. The van der Waals surface area contributed by atoms with Crippen LogP contribution in [0, 0.1) is 0 Å². The number of ether oxygens (including phenoxy) is 3. The predicted octanol–water partition coefficient (Wildman–Crippen LogP) is 2.52. The van der Waals surface area contributed by atoms with E-state index in [0.29, 0.717) is 22.8 Å². The SMILES string of the molecule is COc1cc(OC)c(CN=[N+]=[N-])c(OC)c1. The first-order chi connectivity index (χ1) is 7.76. The van der Waals surface area contributed by atoms with Crippen molar-refractivity contribution in [1.29, 1.82) is 0 Å². The fourth-order valence-corrected chi connectivity index (χ4v) is 1.34. The third kappa shape index (κ3) is 2.49. The normalized spacial score (nSPS) is 9.19. The van der Waals surface area contributed by atoms with Gasteiger partial charge in [0.1, 0.15) is 17.2 Å². The molecule has 1 aromatic rings. The van der Waals surface area contributed by atoms with Gasteiger partial charge in [0.05, 0.1) is 27.9 Å². The molecular formula is C10H13N3O3. The van der Waals surface area contributed by atoms with Crippen molar-refractivity contribution < 1.29 is 14.2 Å². The molecule has 0 radical (unpaired) electrons. The van der Waals surface area contributed by atoms with E-state index in [-0.39, 0.29) is 6.54 Å². The average molecular weight is 223 g/mol. The molecule has 6 heteroatoms. The van der Waals surface area contributed by atoms with Crippen LogP contribution < -0.4 is 14.2 Å². The first kappa shape index (κ1) is 12.0.